The van der Waals surface area contributed by atoms with Crippen LogP contribution >= 0.6 is 0 Å². The average molecular weight is 203 g/mol. The quantitative estimate of drug-likeness (QED) is 0.619. The van der Waals surface area contributed by atoms with Gasteiger partial charge in [-0.05, 0) is 49.4 Å². The zero-order valence-corrected chi connectivity index (χ0v) is 8.89. The minimum Gasteiger partial charge on any atom is -0.347 e. The van der Waals surface area contributed by atoms with E-state index in [0.29, 0.717) is 0 Å². The number of rotatable bonds is 0. The minimum atomic E-state index is -0.124. The highest BCUT2D eigenvalue weighted by Gasteiger charge is 2.18. The zero-order chi connectivity index (χ0) is 10.4. The fraction of sp³-hybridized carbons (Fsp3) is 0.385. The number of nitrogens with zero attached hydrogens (tertiary/aromatic N) is 1. The van der Waals surface area contributed by atoms with E-state index >= 15 is 0 Å². The monoisotopic (exact) mass is 203 g/mol. The summed E-state index contributed by atoms with van der Waals surface area (Å²) in [5.74, 6) is -0.124. The molecule has 0 amide bonds. The number of benzene rings is 1. The van der Waals surface area contributed by atoms with Crippen molar-refractivity contribution in [2.24, 2.45) is 7.05 Å². The first kappa shape index (κ1) is 8.96. The molecule has 0 atom stereocenters. The number of fused-ring (bicyclic) bond motifs is 3. The van der Waals surface area contributed by atoms with Crippen LogP contribution in [0.2, 0.25) is 0 Å². The van der Waals surface area contributed by atoms with E-state index < -0.39 is 0 Å². The van der Waals surface area contributed by atoms with Gasteiger partial charge < -0.3 is 4.57 Å². The van der Waals surface area contributed by atoms with Gasteiger partial charge in [0.1, 0.15) is 5.82 Å². The molecule has 15 heavy (non-hydrogen) atoms. The summed E-state index contributed by atoms with van der Waals surface area (Å²) in [5, 5.41) is 1.12. The van der Waals surface area contributed by atoms with Gasteiger partial charge in [-0.3, -0.25) is 0 Å². The van der Waals surface area contributed by atoms with Crippen molar-refractivity contribution in [1.29, 1.82) is 0 Å². The molecule has 0 radical (unpaired) electrons. The van der Waals surface area contributed by atoms with Gasteiger partial charge in [0.05, 0.1) is 0 Å². The summed E-state index contributed by atoms with van der Waals surface area (Å²) in [6.45, 7) is 0. The van der Waals surface area contributed by atoms with Crippen molar-refractivity contribution in [3.63, 3.8) is 0 Å². The van der Waals surface area contributed by atoms with E-state index in [1.165, 1.54) is 29.6 Å². The van der Waals surface area contributed by atoms with Crippen molar-refractivity contribution in [2.45, 2.75) is 25.7 Å². The van der Waals surface area contributed by atoms with Crippen molar-refractivity contribution in [3.05, 3.63) is 35.3 Å². The van der Waals surface area contributed by atoms with Crippen LogP contribution in [-0.4, -0.2) is 4.57 Å². The number of hydrogen-bond acceptors (Lipinski definition) is 0. The standard InChI is InChI=1S/C13H14FN/c1-15-12-5-3-2-4-10(12)11-8-9(14)6-7-13(11)15/h6-8H,2-5H2,1H3. The second kappa shape index (κ2) is 3.09. The maximum atomic E-state index is 13.2. The van der Waals surface area contributed by atoms with E-state index in [1.54, 1.807) is 12.1 Å². The lowest BCUT2D eigenvalue weighted by Gasteiger charge is -2.12. The molecule has 0 saturated carbocycles. The van der Waals surface area contributed by atoms with Gasteiger partial charge >= 0.3 is 0 Å². The first-order chi connectivity index (χ1) is 7.27. The summed E-state index contributed by atoms with van der Waals surface area (Å²) < 4.78 is 15.4. The Morgan fingerprint density at radius 2 is 2.00 bits per heavy atom. The number of aromatic nitrogens is 1. The molecule has 0 bridgehead atoms. The average Bonchev–Trinajstić information content (AvgIpc) is 2.54. The van der Waals surface area contributed by atoms with Crippen molar-refractivity contribution >= 4 is 10.9 Å². The Kier molecular flexibility index (Phi) is 1.84. The summed E-state index contributed by atoms with van der Waals surface area (Å²) in [6, 6.07) is 5.12. The molecule has 78 valence electrons. The molecule has 0 fully saturated rings. The van der Waals surface area contributed by atoms with Gasteiger partial charge in [0.2, 0.25) is 0 Å². The van der Waals surface area contributed by atoms with Gasteiger partial charge in [-0.1, -0.05) is 0 Å². The minimum absolute atomic E-state index is 0.124. The molecule has 2 heteroatoms. The molecular formula is C13H14FN. The van der Waals surface area contributed by atoms with Crippen LogP contribution < -0.4 is 0 Å². The lowest BCUT2D eigenvalue weighted by Crippen LogP contribution is -2.04. The molecule has 1 aliphatic carbocycles. The molecule has 1 heterocycles. The van der Waals surface area contributed by atoms with Gasteiger partial charge in [0, 0.05) is 23.6 Å². The molecule has 0 aliphatic heterocycles. The maximum Gasteiger partial charge on any atom is 0.123 e. The van der Waals surface area contributed by atoms with Crippen molar-refractivity contribution < 1.29 is 4.39 Å². The Hall–Kier alpha value is -1.31. The first-order valence-corrected chi connectivity index (χ1v) is 5.53. The summed E-state index contributed by atoms with van der Waals surface area (Å²) >= 11 is 0. The van der Waals surface area contributed by atoms with E-state index in [2.05, 4.69) is 11.6 Å². The lowest BCUT2D eigenvalue weighted by molar-refractivity contribution is 0.629. The first-order valence-electron chi connectivity index (χ1n) is 5.53. The molecule has 1 aromatic carbocycles. The van der Waals surface area contributed by atoms with E-state index in [9.17, 15) is 4.39 Å². The third kappa shape index (κ3) is 1.21. The van der Waals surface area contributed by atoms with Crippen LogP contribution in [0.3, 0.4) is 0 Å². The lowest BCUT2D eigenvalue weighted by atomic mass is 9.95. The molecule has 2 aromatic rings. The summed E-state index contributed by atoms with van der Waals surface area (Å²) in [5.41, 5.74) is 3.95. The Bertz CT molecular complexity index is 525. The summed E-state index contributed by atoms with van der Waals surface area (Å²) in [4.78, 5) is 0. The molecular weight excluding hydrogens is 189 g/mol. The smallest absolute Gasteiger partial charge is 0.123 e. The highest BCUT2D eigenvalue weighted by atomic mass is 19.1. The molecule has 3 rings (SSSR count). The predicted octanol–water partition coefficient (Wildman–Crippen LogP) is 3.20. The van der Waals surface area contributed by atoms with Crippen LogP contribution in [-0.2, 0) is 19.9 Å². The molecule has 1 aromatic heterocycles. The summed E-state index contributed by atoms with van der Waals surface area (Å²) in [6.07, 6.45) is 4.75. The van der Waals surface area contributed by atoms with Crippen molar-refractivity contribution in [1.82, 2.24) is 4.57 Å². The van der Waals surface area contributed by atoms with Crippen LogP contribution in [0.4, 0.5) is 4.39 Å². The largest absolute Gasteiger partial charge is 0.347 e. The number of hydrogen-bond donors (Lipinski definition) is 0. The van der Waals surface area contributed by atoms with E-state index in [-0.39, 0.29) is 5.82 Å². The molecule has 0 N–H and O–H groups in total. The van der Waals surface area contributed by atoms with E-state index in [0.717, 1.165) is 18.2 Å². The van der Waals surface area contributed by atoms with Crippen LogP contribution in [0.15, 0.2) is 18.2 Å². The van der Waals surface area contributed by atoms with E-state index in [4.69, 9.17) is 0 Å². The maximum absolute atomic E-state index is 13.2. The van der Waals surface area contributed by atoms with Gasteiger partial charge in [0.25, 0.3) is 0 Å². The Labute approximate surface area is 88.5 Å². The number of aryl methyl sites for hydroxylation is 2. The predicted molar refractivity (Wildman–Crippen MR) is 59.5 cm³/mol. The van der Waals surface area contributed by atoms with Crippen LogP contribution in [0.25, 0.3) is 10.9 Å². The third-order valence-corrected chi connectivity index (χ3v) is 3.49. The molecule has 0 saturated heterocycles. The van der Waals surface area contributed by atoms with Gasteiger partial charge in [0.15, 0.2) is 0 Å². The topological polar surface area (TPSA) is 4.93 Å². The van der Waals surface area contributed by atoms with Crippen LogP contribution in [0, 0.1) is 5.82 Å². The zero-order valence-electron chi connectivity index (χ0n) is 8.89. The fourth-order valence-electron chi connectivity index (χ4n) is 2.74. The molecule has 1 aliphatic rings. The van der Waals surface area contributed by atoms with Crippen molar-refractivity contribution in [3.8, 4) is 0 Å². The van der Waals surface area contributed by atoms with Gasteiger partial charge in [-0.25, -0.2) is 4.39 Å². The van der Waals surface area contributed by atoms with Crippen molar-refractivity contribution in [2.75, 3.05) is 0 Å². The van der Waals surface area contributed by atoms with Crippen LogP contribution in [0.5, 0.6) is 0 Å². The highest BCUT2D eigenvalue weighted by Crippen LogP contribution is 2.31. The normalized spacial score (nSPS) is 15.6. The Balaban J connectivity index is 2.39. The highest BCUT2D eigenvalue weighted by molar-refractivity contribution is 5.85. The molecule has 0 spiro atoms. The Morgan fingerprint density at radius 3 is 2.87 bits per heavy atom. The van der Waals surface area contributed by atoms with Gasteiger partial charge in [-0.2, -0.15) is 0 Å². The van der Waals surface area contributed by atoms with E-state index in [1.807, 2.05) is 6.07 Å². The fourth-order valence-corrected chi connectivity index (χ4v) is 2.74. The summed E-state index contributed by atoms with van der Waals surface area (Å²) in [7, 11) is 2.09. The third-order valence-electron chi connectivity index (χ3n) is 3.49. The molecule has 0 unspecified atom stereocenters. The second-order valence-corrected chi connectivity index (χ2v) is 4.35. The second-order valence-electron chi connectivity index (χ2n) is 4.35. The van der Waals surface area contributed by atoms with Gasteiger partial charge in [-0.15, -0.1) is 0 Å². The van der Waals surface area contributed by atoms with Crippen LogP contribution in [0.1, 0.15) is 24.1 Å². The number of halogens is 1. The molecule has 1 nitrogen and oxygen atoms in total. The SMILES string of the molecule is Cn1c2c(c3cc(F)ccc31)CCCC2. The Morgan fingerprint density at radius 1 is 1.20 bits per heavy atom.